The number of benzene rings is 7. The van der Waals surface area contributed by atoms with Gasteiger partial charge in [0, 0.05) is 22.2 Å². The van der Waals surface area contributed by atoms with Gasteiger partial charge >= 0.3 is 0 Å². The number of nitrogens with zero attached hydrogens (tertiary/aromatic N) is 1. The maximum absolute atomic E-state index is 14.4. The van der Waals surface area contributed by atoms with E-state index in [0.29, 0.717) is 0 Å². The third-order valence-corrected chi connectivity index (χ3v) is 11.6. The van der Waals surface area contributed by atoms with Crippen LogP contribution < -0.4 is 4.90 Å². The summed E-state index contributed by atoms with van der Waals surface area (Å²) in [5, 5.41) is 0. The summed E-state index contributed by atoms with van der Waals surface area (Å²) < 4.78 is 0. The van der Waals surface area contributed by atoms with Gasteiger partial charge in [-0.05, 0) is 98.5 Å². The van der Waals surface area contributed by atoms with Crippen LogP contribution in [0.5, 0.6) is 0 Å². The van der Waals surface area contributed by atoms with E-state index in [1.54, 1.807) is 0 Å². The molecular weight excluding hydrogens is 607 g/mol. The first-order chi connectivity index (χ1) is 24.4. The Bertz CT molecular complexity index is 2510. The van der Waals surface area contributed by atoms with Gasteiger partial charge in [0.1, 0.15) is 0 Å². The summed E-state index contributed by atoms with van der Waals surface area (Å²) >= 11 is 0. The van der Waals surface area contributed by atoms with E-state index in [1.165, 1.54) is 50.1 Å². The average molecular weight is 642 g/mol. The summed E-state index contributed by atoms with van der Waals surface area (Å²) in [7, 11) is 0. The lowest BCUT2D eigenvalue weighted by molar-refractivity contribution is 0.103. The van der Waals surface area contributed by atoms with Crippen molar-refractivity contribution >= 4 is 22.8 Å². The Morgan fingerprint density at radius 3 is 1.68 bits per heavy atom. The molecule has 0 amide bonds. The standard InChI is InChI=1S/C48H35NO/c1-30-25-26-32(31-15-5-4-6-16-31)27-45(30)49-43-23-13-11-21-39(43)48(40-22-12-14-24-44(40)49)38-20-10-7-17-33(38)35-28-41-36(29-42(35)48)46(50)34-18-8-9-19-37(34)47(41,2)3/h4-29H,1-3H3. The van der Waals surface area contributed by atoms with Crippen LogP contribution in [0.2, 0.25) is 0 Å². The molecule has 2 aliphatic carbocycles. The number of hydrogen-bond acceptors (Lipinski definition) is 2. The van der Waals surface area contributed by atoms with E-state index in [-0.39, 0.29) is 11.2 Å². The zero-order valence-corrected chi connectivity index (χ0v) is 28.4. The van der Waals surface area contributed by atoms with Crippen molar-refractivity contribution in [3.63, 3.8) is 0 Å². The first kappa shape index (κ1) is 29.0. The number of carbonyl (C=O) groups is 1. The zero-order valence-electron chi connectivity index (χ0n) is 28.4. The van der Waals surface area contributed by atoms with Gasteiger partial charge in [0.2, 0.25) is 0 Å². The molecule has 1 heterocycles. The molecule has 7 aromatic carbocycles. The second-order valence-electron chi connectivity index (χ2n) is 14.5. The van der Waals surface area contributed by atoms with E-state index < -0.39 is 5.41 Å². The summed E-state index contributed by atoms with van der Waals surface area (Å²) in [6, 6.07) is 56.9. The molecule has 3 aliphatic rings. The third-order valence-electron chi connectivity index (χ3n) is 11.6. The molecule has 0 bridgehead atoms. The second kappa shape index (κ2) is 10.3. The van der Waals surface area contributed by atoms with Crippen molar-refractivity contribution in [3.05, 3.63) is 208 Å². The van der Waals surface area contributed by atoms with Crippen molar-refractivity contribution in [2.45, 2.75) is 31.6 Å². The van der Waals surface area contributed by atoms with Gasteiger partial charge in [-0.3, -0.25) is 4.79 Å². The Kier molecular flexibility index (Phi) is 5.95. The average Bonchev–Trinajstić information content (AvgIpc) is 3.44. The fraction of sp³-hybridized carbons (Fsp3) is 0.104. The summed E-state index contributed by atoms with van der Waals surface area (Å²) in [6.07, 6.45) is 0. The van der Waals surface area contributed by atoms with Crippen LogP contribution >= 0.6 is 0 Å². The van der Waals surface area contributed by atoms with Gasteiger partial charge in [-0.1, -0.05) is 141 Å². The quantitative estimate of drug-likeness (QED) is 0.187. The lowest BCUT2D eigenvalue weighted by Gasteiger charge is -2.45. The molecule has 1 spiro atoms. The lowest BCUT2D eigenvalue weighted by Crippen LogP contribution is -2.37. The molecule has 0 saturated carbocycles. The molecule has 0 saturated heterocycles. The minimum atomic E-state index is -0.614. The molecule has 0 radical (unpaired) electrons. The minimum Gasteiger partial charge on any atom is -0.310 e. The lowest BCUT2D eigenvalue weighted by atomic mass is 9.63. The number of aryl methyl sites for hydroxylation is 1. The predicted octanol–water partition coefficient (Wildman–Crippen LogP) is 11.7. The predicted molar refractivity (Wildman–Crippen MR) is 204 cm³/mol. The smallest absolute Gasteiger partial charge is 0.193 e. The largest absolute Gasteiger partial charge is 0.310 e. The number of rotatable bonds is 2. The highest BCUT2D eigenvalue weighted by Crippen LogP contribution is 2.64. The Morgan fingerprint density at radius 1 is 0.420 bits per heavy atom. The highest BCUT2D eigenvalue weighted by Gasteiger charge is 2.53. The summed E-state index contributed by atoms with van der Waals surface area (Å²) in [6.45, 7) is 6.72. The van der Waals surface area contributed by atoms with E-state index in [1.807, 2.05) is 12.1 Å². The molecule has 238 valence electrons. The molecule has 7 aromatic rings. The third kappa shape index (κ3) is 3.66. The van der Waals surface area contributed by atoms with Crippen LogP contribution in [-0.2, 0) is 10.8 Å². The van der Waals surface area contributed by atoms with Crippen molar-refractivity contribution in [1.82, 2.24) is 0 Å². The van der Waals surface area contributed by atoms with Gasteiger partial charge in [-0.2, -0.15) is 0 Å². The molecule has 50 heavy (non-hydrogen) atoms. The van der Waals surface area contributed by atoms with Crippen molar-refractivity contribution in [3.8, 4) is 22.3 Å². The number of carbonyl (C=O) groups excluding carboxylic acids is 1. The van der Waals surface area contributed by atoms with Crippen LogP contribution in [0.3, 0.4) is 0 Å². The van der Waals surface area contributed by atoms with Crippen molar-refractivity contribution in [2.75, 3.05) is 4.90 Å². The number of hydrogen-bond donors (Lipinski definition) is 0. The topological polar surface area (TPSA) is 20.3 Å². The Hall–Kier alpha value is -5.99. The van der Waals surface area contributed by atoms with Gasteiger partial charge in [-0.15, -0.1) is 0 Å². The van der Waals surface area contributed by atoms with Crippen LogP contribution in [0, 0.1) is 6.92 Å². The molecule has 0 fully saturated rings. The van der Waals surface area contributed by atoms with Gasteiger partial charge in [-0.25, -0.2) is 0 Å². The van der Waals surface area contributed by atoms with E-state index in [4.69, 9.17) is 0 Å². The molecule has 0 N–H and O–H groups in total. The number of ketones is 1. The molecule has 10 rings (SSSR count). The van der Waals surface area contributed by atoms with E-state index >= 15 is 0 Å². The van der Waals surface area contributed by atoms with Crippen LogP contribution in [-0.4, -0.2) is 5.78 Å². The SMILES string of the molecule is Cc1ccc(-c2ccccc2)cc1N1c2ccccc2C2(c3ccccc3-c3cc4c(cc32)C(=O)c2ccccc2C4(C)C)c2ccccc21. The first-order valence-electron chi connectivity index (χ1n) is 17.5. The Balaban J connectivity index is 1.29. The monoisotopic (exact) mass is 641 g/mol. The summed E-state index contributed by atoms with van der Waals surface area (Å²) in [5.41, 5.74) is 17.2. The summed E-state index contributed by atoms with van der Waals surface area (Å²) in [4.78, 5) is 16.9. The first-order valence-corrected chi connectivity index (χ1v) is 17.5. The summed E-state index contributed by atoms with van der Waals surface area (Å²) in [5.74, 6) is 0.108. The highest BCUT2D eigenvalue weighted by atomic mass is 16.1. The molecule has 0 unspecified atom stereocenters. The van der Waals surface area contributed by atoms with Crippen molar-refractivity contribution in [1.29, 1.82) is 0 Å². The Labute approximate surface area is 293 Å². The van der Waals surface area contributed by atoms with E-state index in [9.17, 15) is 4.79 Å². The zero-order chi connectivity index (χ0) is 33.8. The van der Waals surface area contributed by atoms with Gasteiger partial charge in [0.05, 0.1) is 16.8 Å². The van der Waals surface area contributed by atoms with Gasteiger partial charge in [0.15, 0.2) is 5.78 Å². The highest BCUT2D eigenvalue weighted by molar-refractivity contribution is 6.14. The van der Waals surface area contributed by atoms with Gasteiger partial charge < -0.3 is 4.90 Å². The molecule has 2 heteroatoms. The van der Waals surface area contributed by atoms with Crippen LogP contribution in [0.15, 0.2) is 158 Å². The number of anilines is 3. The Morgan fingerprint density at radius 2 is 0.980 bits per heavy atom. The van der Waals surface area contributed by atoms with Crippen molar-refractivity contribution in [2.24, 2.45) is 0 Å². The van der Waals surface area contributed by atoms with E-state index in [2.05, 4.69) is 171 Å². The van der Waals surface area contributed by atoms with Crippen LogP contribution in [0.25, 0.3) is 22.3 Å². The van der Waals surface area contributed by atoms with E-state index in [0.717, 1.165) is 39.3 Å². The fourth-order valence-corrected chi connectivity index (χ4v) is 9.29. The van der Waals surface area contributed by atoms with Crippen LogP contribution in [0.4, 0.5) is 17.1 Å². The van der Waals surface area contributed by atoms with Crippen LogP contribution in [0.1, 0.15) is 68.7 Å². The maximum Gasteiger partial charge on any atom is 0.193 e. The number of fused-ring (bicyclic) bond motifs is 11. The van der Waals surface area contributed by atoms with Crippen molar-refractivity contribution < 1.29 is 4.79 Å². The number of para-hydroxylation sites is 2. The minimum absolute atomic E-state index is 0.108. The molecule has 2 nitrogen and oxygen atoms in total. The fourth-order valence-electron chi connectivity index (χ4n) is 9.29. The molecular formula is C48H35NO. The molecule has 1 aliphatic heterocycles. The molecule has 0 atom stereocenters. The van der Waals surface area contributed by atoms with Gasteiger partial charge in [0.25, 0.3) is 0 Å². The second-order valence-corrected chi connectivity index (χ2v) is 14.5. The normalized spacial score (nSPS) is 15.4. The molecule has 0 aromatic heterocycles. The maximum atomic E-state index is 14.4.